The van der Waals surface area contributed by atoms with Gasteiger partial charge in [0.05, 0.1) is 12.5 Å². The molecule has 1 fully saturated rings. The average Bonchev–Trinajstić information content (AvgIpc) is 2.64. The second-order valence-electron chi connectivity index (χ2n) is 6.18. The van der Waals surface area contributed by atoms with Crippen LogP contribution in [0.3, 0.4) is 0 Å². The van der Waals surface area contributed by atoms with Crippen LogP contribution in [0.2, 0.25) is 0 Å². The fraction of sp³-hybridized carbons (Fsp3) is 0.579. The maximum absolute atomic E-state index is 12.5. The highest BCUT2D eigenvalue weighted by molar-refractivity contribution is 5.90. The Morgan fingerprint density at radius 2 is 1.88 bits per heavy atom. The van der Waals surface area contributed by atoms with Gasteiger partial charge in [0.25, 0.3) is 0 Å². The van der Waals surface area contributed by atoms with Gasteiger partial charge < -0.3 is 19.9 Å². The van der Waals surface area contributed by atoms with Gasteiger partial charge in [-0.3, -0.25) is 4.79 Å². The van der Waals surface area contributed by atoms with Crippen LogP contribution >= 0.6 is 0 Å². The van der Waals surface area contributed by atoms with E-state index < -0.39 is 0 Å². The summed E-state index contributed by atoms with van der Waals surface area (Å²) < 4.78 is 5.40. The number of nitrogens with zero attached hydrogens (tertiary/aromatic N) is 2. The topological polar surface area (TPSA) is 61.9 Å². The molecule has 1 atom stereocenters. The molecule has 138 valence electrons. The van der Waals surface area contributed by atoms with Crippen LogP contribution in [0, 0.1) is 5.92 Å². The molecule has 1 unspecified atom stereocenters. The van der Waals surface area contributed by atoms with Crippen molar-refractivity contribution >= 4 is 17.6 Å². The molecule has 0 radical (unpaired) electrons. The van der Waals surface area contributed by atoms with Gasteiger partial charge in [0.15, 0.2) is 0 Å². The molecule has 1 aromatic rings. The zero-order valence-corrected chi connectivity index (χ0v) is 15.5. The monoisotopic (exact) mass is 347 g/mol. The highest BCUT2D eigenvalue weighted by atomic mass is 16.5. The predicted molar refractivity (Wildman–Crippen MR) is 98.9 cm³/mol. The second-order valence-corrected chi connectivity index (χ2v) is 6.18. The van der Waals surface area contributed by atoms with Gasteiger partial charge in [-0.15, -0.1) is 0 Å². The molecule has 1 aromatic carbocycles. The summed E-state index contributed by atoms with van der Waals surface area (Å²) in [5, 5.41) is 2.90. The number of carbonyl (C=O) groups excluding carboxylic acids is 2. The minimum Gasteiger partial charge on any atom is -0.494 e. The van der Waals surface area contributed by atoms with Gasteiger partial charge in [-0.1, -0.05) is 0 Å². The number of benzene rings is 1. The smallest absolute Gasteiger partial charge is 0.321 e. The maximum Gasteiger partial charge on any atom is 0.321 e. The van der Waals surface area contributed by atoms with Gasteiger partial charge in [-0.25, -0.2) is 4.79 Å². The molecule has 0 bridgehead atoms. The molecule has 1 N–H and O–H groups in total. The molecular weight excluding hydrogens is 318 g/mol. The van der Waals surface area contributed by atoms with E-state index in [2.05, 4.69) is 5.32 Å². The van der Waals surface area contributed by atoms with Crippen LogP contribution in [0.5, 0.6) is 5.75 Å². The summed E-state index contributed by atoms with van der Waals surface area (Å²) in [6.45, 7) is 9.11. The fourth-order valence-corrected chi connectivity index (χ4v) is 3.16. The van der Waals surface area contributed by atoms with E-state index in [9.17, 15) is 9.59 Å². The molecule has 25 heavy (non-hydrogen) atoms. The molecule has 0 aromatic heterocycles. The maximum atomic E-state index is 12.5. The summed E-state index contributed by atoms with van der Waals surface area (Å²) in [6.07, 6.45) is 1.70. The first kappa shape index (κ1) is 19.1. The van der Waals surface area contributed by atoms with Gasteiger partial charge in [-0.05, 0) is 57.9 Å². The van der Waals surface area contributed by atoms with Crippen LogP contribution < -0.4 is 10.1 Å². The number of rotatable bonds is 6. The van der Waals surface area contributed by atoms with Crippen LogP contribution in [0.4, 0.5) is 10.5 Å². The highest BCUT2D eigenvalue weighted by Gasteiger charge is 2.30. The first-order chi connectivity index (χ1) is 12.1. The lowest BCUT2D eigenvalue weighted by molar-refractivity contribution is -0.136. The number of nitrogens with one attached hydrogen (secondary N) is 1. The van der Waals surface area contributed by atoms with Crippen LogP contribution in [0.1, 0.15) is 33.6 Å². The Morgan fingerprint density at radius 1 is 1.20 bits per heavy atom. The largest absolute Gasteiger partial charge is 0.494 e. The molecule has 3 amide bonds. The summed E-state index contributed by atoms with van der Waals surface area (Å²) >= 11 is 0. The van der Waals surface area contributed by atoms with Crippen LogP contribution in [-0.2, 0) is 4.79 Å². The van der Waals surface area contributed by atoms with Crippen molar-refractivity contribution < 1.29 is 14.3 Å². The third-order valence-electron chi connectivity index (χ3n) is 4.55. The lowest BCUT2D eigenvalue weighted by Crippen LogP contribution is -2.47. The molecule has 0 spiro atoms. The number of hydrogen-bond donors (Lipinski definition) is 1. The number of anilines is 1. The standard InChI is InChI=1S/C19H29N3O3/c1-4-21(5-2)18(23)15-8-7-13-22(14-15)19(24)20-16-9-11-17(12-10-16)25-6-3/h9-12,15H,4-8,13-14H2,1-3H3,(H,20,24). The number of carbonyl (C=O) groups is 2. The van der Waals surface area contributed by atoms with Crippen molar-refractivity contribution in [1.82, 2.24) is 9.80 Å². The van der Waals surface area contributed by atoms with Crippen molar-refractivity contribution in [2.45, 2.75) is 33.6 Å². The highest BCUT2D eigenvalue weighted by Crippen LogP contribution is 2.21. The number of amides is 3. The normalized spacial score (nSPS) is 17.1. The Balaban J connectivity index is 1.93. The zero-order valence-electron chi connectivity index (χ0n) is 15.5. The molecule has 6 heteroatoms. The van der Waals surface area contributed by atoms with E-state index in [1.807, 2.05) is 49.9 Å². The molecule has 1 aliphatic rings. The Labute approximate surface area is 150 Å². The third-order valence-corrected chi connectivity index (χ3v) is 4.55. The average molecular weight is 347 g/mol. The van der Waals surface area contributed by atoms with Gasteiger partial charge in [0.1, 0.15) is 5.75 Å². The van der Waals surface area contributed by atoms with Crippen molar-refractivity contribution in [3.05, 3.63) is 24.3 Å². The quantitative estimate of drug-likeness (QED) is 0.859. The van der Waals surface area contributed by atoms with Crippen LogP contribution in [0.15, 0.2) is 24.3 Å². The molecular formula is C19H29N3O3. The predicted octanol–water partition coefficient (Wildman–Crippen LogP) is 3.20. The van der Waals surface area contributed by atoms with E-state index in [0.717, 1.165) is 24.3 Å². The number of likely N-dealkylation sites (tertiary alicyclic amines) is 1. The van der Waals surface area contributed by atoms with E-state index >= 15 is 0 Å². The third kappa shape index (κ3) is 5.11. The van der Waals surface area contributed by atoms with Crippen molar-refractivity contribution in [2.75, 3.05) is 38.1 Å². The number of ether oxygens (including phenoxy) is 1. The molecule has 0 aliphatic carbocycles. The van der Waals surface area contributed by atoms with E-state index in [-0.39, 0.29) is 17.9 Å². The minimum atomic E-state index is -0.152. The molecule has 2 rings (SSSR count). The molecule has 1 aliphatic heterocycles. The Kier molecular flexibility index (Phi) is 7.10. The van der Waals surface area contributed by atoms with Crippen molar-refractivity contribution in [1.29, 1.82) is 0 Å². The van der Waals surface area contributed by atoms with E-state index in [4.69, 9.17) is 4.74 Å². The summed E-state index contributed by atoms with van der Waals surface area (Å²) in [5.41, 5.74) is 0.727. The molecule has 1 heterocycles. The van der Waals surface area contributed by atoms with Gasteiger partial charge in [-0.2, -0.15) is 0 Å². The molecule has 1 saturated heterocycles. The zero-order chi connectivity index (χ0) is 18.2. The van der Waals surface area contributed by atoms with Crippen LogP contribution in [-0.4, -0.2) is 54.5 Å². The second kappa shape index (κ2) is 9.30. The van der Waals surface area contributed by atoms with Gasteiger partial charge >= 0.3 is 6.03 Å². The van der Waals surface area contributed by atoms with Gasteiger partial charge in [0, 0.05) is 31.9 Å². The molecule has 0 saturated carbocycles. The summed E-state index contributed by atoms with van der Waals surface area (Å²) in [4.78, 5) is 28.6. The van der Waals surface area contributed by atoms with E-state index in [1.165, 1.54) is 0 Å². The van der Waals surface area contributed by atoms with E-state index in [1.54, 1.807) is 4.90 Å². The summed E-state index contributed by atoms with van der Waals surface area (Å²) in [5.74, 6) is 0.839. The van der Waals surface area contributed by atoms with Crippen LogP contribution in [0.25, 0.3) is 0 Å². The lowest BCUT2D eigenvalue weighted by Gasteiger charge is -2.34. The fourth-order valence-electron chi connectivity index (χ4n) is 3.16. The lowest BCUT2D eigenvalue weighted by atomic mass is 9.96. The number of piperidine rings is 1. The van der Waals surface area contributed by atoms with Gasteiger partial charge in [0.2, 0.25) is 5.91 Å². The number of hydrogen-bond acceptors (Lipinski definition) is 3. The molecule has 6 nitrogen and oxygen atoms in total. The minimum absolute atomic E-state index is 0.0975. The van der Waals surface area contributed by atoms with Crippen molar-refractivity contribution in [3.63, 3.8) is 0 Å². The first-order valence-corrected chi connectivity index (χ1v) is 9.16. The summed E-state index contributed by atoms with van der Waals surface area (Å²) in [7, 11) is 0. The Bertz CT molecular complexity index is 570. The number of urea groups is 1. The first-order valence-electron chi connectivity index (χ1n) is 9.16. The van der Waals surface area contributed by atoms with E-state index in [0.29, 0.717) is 32.8 Å². The van der Waals surface area contributed by atoms with Crippen molar-refractivity contribution in [3.8, 4) is 5.75 Å². The SMILES string of the molecule is CCOc1ccc(NC(=O)N2CCCC(C(=O)N(CC)CC)C2)cc1. The Hall–Kier alpha value is -2.24. The van der Waals surface area contributed by atoms with Crippen molar-refractivity contribution in [2.24, 2.45) is 5.92 Å². The Morgan fingerprint density at radius 3 is 2.48 bits per heavy atom. The summed E-state index contributed by atoms with van der Waals surface area (Å²) in [6, 6.07) is 7.17.